The quantitative estimate of drug-likeness (QED) is 0.905. The Hall–Kier alpha value is -1.84. The molecule has 1 unspecified atom stereocenters. The summed E-state index contributed by atoms with van der Waals surface area (Å²) in [6.45, 7) is 3.96. The maximum atomic E-state index is 13.2. The van der Waals surface area contributed by atoms with Crippen molar-refractivity contribution in [3.63, 3.8) is 0 Å². The Morgan fingerprint density at radius 1 is 1.50 bits per heavy atom. The van der Waals surface area contributed by atoms with Crippen LogP contribution in [0.25, 0.3) is 11.0 Å². The normalized spacial score (nSPS) is 12.6. The molecule has 0 saturated carbocycles. The fourth-order valence-electron chi connectivity index (χ4n) is 1.79. The maximum absolute atomic E-state index is 13.2. The van der Waals surface area contributed by atoms with Crippen molar-refractivity contribution in [3.8, 4) is 0 Å². The van der Waals surface area contributed by atoms with Gasteiger partial charge in [-0.05, 0) is 31.5 Å². The molecule has 1 N–H and O–H groups in total. The van der Waals surface area contributed by atoms with Crippen LogP contribution in [0, 0.1) is 5.82 Å². The number of carbonyl (C=O) groups is 1. The van der Waals surface area contributed by atoms with E-state index in [4.69, 9.17) is 4.42 Å². The molecule has 18 heavy (non-hydrogen) atoms. The number of rotatable bonds is 4. The van der Waals surface area contributed by atoms with Gasteiger partial charge < -0.3 is 9.73 Å². The maximum Gasteiger partial charge on any atom is 0.224 e. The molecule has 1 atom stereocenters. The van der Waals surface area contributed by atoms with Crippen molar-refractivity contribution in [3.05, 3.63) is 35.8 Å². The van der Waals surface area contributed by atoms with Gasteiger partial charge in [-0.15, -0.1) is 0 Å². The van der Waals surface area contributed by atoms with E-state index in [1.165, 1.54) is 18.4 Å². The number of halogens is 1. The first kappa shape index (κ1) is 12.6. The zero-order valence-corrected chi connectivity index (χ0v) is 10.5. The number of furan rings is 1. The van der Waals surface area contributed by atoms with Crippen molar-refractivity contribution in [1.29, 1.82) is 0 Å². The summed E-state index contributed by atoms with van der Waals surface area (Å²) in [6.07, 6.45) is 2.60. The van der Waals surface area contributed by atoms with Crippen LogP contribution in [0.2, 0.25) is 0 Å². The molecule has 0 aliphatic heterocycles. The lowest BCUT2D eigenvalue weighted by molar-refractivity contribution is -0.121. The third-order valence-corrected chi connectivity index (χ3v) is 2.99. The minimum atomic E-state index is -0.326. The Bertz CT molecular complexity index is 562. The third-order valence-electron chi connectivity index (χ3n) is 2.99. The number of fused-ring (bicyclic) bond motifs is 1. The average molecular weight is 249 g/mol. The predicted molar refractivity (Wildman–Crippen MR) is 67.8 cm³/mol. The Labute approximate surface area is 105 Å². The van der Waals surface area contributed by atoms with E-state index in [1.807, 2.05) is 13.8 Å². The Balaban J connectivity index is 2.16. The van der Waals surface area contributed by atoms with Gasteiger partial charge in [-0.2, -0.15) is 0 Å². The molecule has 0 aliphatic rings. The molecule has 2 rings (SSSR count). The smallest absolute Gasteiger partial charge is 0.224 e. The van der Waals surface area contributed by atoms with Gasteiger partial charge in [-0.25, -0.2) is 4.39 Å². The molecule has 0 fully saturated rings. The molecule has 0 spiro atoms. The molecule has 0 bridgehead atoms. The van der Waals surface area contributed by atoms with Crippen molar-refractivity contribution in [2.45, 2.75) is 32.7 Å². The van der Waals surface area contributed by atoms with Gasteiger partial charge in [0.05, 0.1) is 12.7 Å². The second-order valence-corrected chi connectivity index (χ2v) is 4.46. The highest BCUT2D eigenvalue weighted by Gasteiger charge is 2.12. The van der Waals surface area contributed by atoms with Gasteiger partial charge in [0.2, 0.25) is 5.91 Å². The van der Waals surface area contributed by atoms with Crippen LogP contribution in [0.1, 0.15) is 25.8 Å². The van der Waals surface area contributed by atoms with Gasteiger partial charge in [-0.3, -0.25) is 4.79 Å². The fraction of sp³-hybridized carbons (Fsp3) is 0.357. The van der Waals surface area contributed by atoms with E-state index in [-0.39, 0.29) is 24.2 Å². The monoisotopic (exact) mass is 249 g/mol. The van der Waals surface area contributed by atoms with E-state index in [0.29, 0.717) is 16.5 Å². The highest BCUT2D eigenvalue weighted by Crippen LogP contribution is 2.22. The number of benzene rings is 1. The number of amides is 1. The van der Waals surface area contributed by atoms with E-state index < -0.39 is 0 Å². The van der Waals surface area contributed by atoms with Gasteiger partial charge in [0, 0.05) is 17.0 Å². The topological polar surface area (TPSA) is 42.2 Å². The van der Waals surface area contributed by atoms with Crippen LogP contribution < -0.4 is 5.32 Å². The zero-order valence-electron chi connectivity index (χ0n) is 10.5. The van der Waals surface area contributed by atoms with E-state index in [0.717, 1.165) is 6.42 Å². The van der Waals surface area contributed by atoms with Crippen LogP contribution in [-0.4, -0.2) is 11.9 Å². The second kappa shape index (κ2) is 5.21. The fourth-order valence-corrected chi connectivity index (χ4v) is 1.79. The summed E-state index contributed by atoms with van der Waals surface area (Å²) in [5.41, 5.74) is 1.31. The Kier molecular flexibility index (Phi) is 3.65. The highest BCUT2D eigenvalue weighted by atomic mass is 19.1. The molecule has 2 aromatic rings. The van der Waals surface area contributed by atoms with E-state index in [2.05, 4.69) is 5.32 Å². The molecule has 0 aliphatic carbocycles. The first-order chi connectivity index (χ1) is 8.60. The number of carbonyl (C=O) groups excluding carboxylic acids is 1. The first-order valence-electron chi connectivity index (χ1n) is 6.05. The summed E-state index contributed by atoms with van der Waals surface area (Å²) in [5, 5.41) is 3.53. The van der Waals surface area contributed by atoms with Crippen LogP contribution in [0.15, 0.2) is 28.9 Å². The minimum absolute atomic E-state index is 0.0729. The molecule has 96 valence electrons. The van der Waals surface area contributed by atoms with Crippen LogP contribution in [0.5, 0.6) is 0 Å². The summed E-state index contributed by atoms with van der Waals surface area (Å²) in [7, 11) is 0. The zero-order chi connectivity index (χ0) is 13.1. The van der Waals surface area contributed by atoms with Crippen LogP contribution in [0.3, 0.4) is 0 Å². The van der Waals surface area contributed by atoms with Crippen LogP contribution in [-0.2, 0) is 11.2 Å². The van der Waals surface area contributed by atoms with Gasteiger partial charge in [0.15, 0.2) is 0 Å². The summed E-state index contributed by atoms with van der Waals surface area (Å²) in [5.74, 6) is -0.399. The largest absolute Gasteiger partial charge is 0.464 e. The Morgan fingerprint density at radius 2 is 2.28 bits per heavy atom. The van der Waals surface area contributed by atoms with Gasteiger partial charge in [0.25, 0.3) is 0 Å². The summed E-state index contributed by atoms with van der Waals surface area (Å²) >= 11 is 0. The molecule has 0 radical (unpaired) electrons. The van der Waals surface area contributed by atoms with Gasteiger partial charge in [0.1, 0.15) is 11.4 Å². The van der Waals surface area contributed by atoms with E-state index in [9.17, 15) is 9.18 Å². The first-order valence-corrected chi connectivity index (χ1v) is 6.05. The lowest BCUT2D eigenvalue weighted by Crippen LogP contribution is -2.33. The lowest BCUT2D eigenvalue weighted by Gasteiger charge is -2.10. The lowest BCUT2D eigenvalue weighted by atomic mass is 10.1. The molecular weight excluding hydrogens is 233 g/mol. The molecule has 4 heteroatoms. The molecule has 0 saturated heterocycles. The van der Waals surface area contributed by atoms with Crippen molar-refractivity contribution in [1.82, 2.24) is 5.32 Å². The molecule has 1 aromatic carbocycles. The Morgan fingerprint density at radius 3 is 3.00 bits per heavy atom. The molecule has 1 aromatic heterocycles. The third kappa shape index (κ3) is 2.70. The predicted octanol–water partition coefficient (Wildman–Crippen LogP) is 3.03. The number of hydrogen-bond acceptors (Lipinski definition) is 2. The van der Waals surface area contributed by atoms with Crippen LogP contribution >= 0.6 is 0 Å². The van der Waals surface area contributed by atoms with E-state index >= 15 is 0 Å². The highest BCUT2D eigenvalue weighted by molar-refractivity contribution is 5.87. The van der Waals surface area contributed by atoms with Crippen molar-refractivity contribution in [2.75, 3.05) is 0 Å². The SMILES string of the molecule is CCC(C)NC(=O)Cc1coc2ccc(F)cc12. The van der Waals surface area contributed by atoms with Crippen molar-refractivity contribution < 1.29 is 13.6 Å². The number of nitrogens with one attached hydrogen (secondary N) is 1. The molecule has 1 heterocycles. The second-order valence-electron chi connectivity index (χ2n) is 4.46. The minimum Gasteiger partial charge on any atom is -0.464 e. The van der Waals surface area contributed by atoms with Gasteiger partial charge >= 0.3 is 0 Å². The molecular formula is C14H16FNO2. The van der Waals surface area contributed by atoms with Crippen molar-refractivity contribution >= 4 is 16.9 Å². The summed E-state index contributed by atoms with van der Waals surface area (Å²) in [6, 6.07) is 4.45. The summed E-state index contributed by atoms with van der Waals surface area (Å²) < 4.78 is 18.4. The van der Waals surface area contributed by atoms with E-state index in [1.54, 1.807) is 6.07 Å². The standard InChI is InChI=1S/C14H16FNO2/c1-3-9(2)16-14(17)6-10-8-18-13-5-4-11(15)7-12(10)13/h4-5,7-9H,3,6H2,1-2H3,(H,16,17). The van der Waals surface area contributed by atoms with Crippen LogP contribution in [0.4, 0.5) is 4.39 Å². The van der Waals surface area contributed by atoms with Crippen molar-refractivity contribution in [2.24, 2.45) is 0 Å². The molecule has 3 nitrogen and oxygen atoms in total. The summed E-state index contributed by atoms with van der Waals surface area (Å²) in [4.78, 5) is 11.8. The van der Waals surface area contributed by atoms with Gasteiger partial charge in [-0.1, -0.05) is 6.92 Å². The molecule has 1 amide bonds. The number of hydrogen-bond donors (Lipinski definition) is 1. The average Bonchev–Trinajstić information content (AvgIpc) is 2.71.